The van der Waals surface area contributed by atoms with E-state index in [4.69, 9.17) is 0 Å². The number of rotatable bonds is 5. The van der Waals surface area contributed by atoms with Crippen LogP contribution in [0.1, 0.15) is 44.6 Å². The molecular weight excluding hydrogens is 252 g/mol. The Bertz CT molecular complexity index is 440. The topological polar surface area (TPSA) is 80.9 Å². The number of carbonyl (C=O) groups is 1. The van der Waals surface area contributed by atoms with Crippen molar-refractivity contribution in [2.45, 2.75) is 55.0 Å². The van der Waals surface area contributed by atoms with Crippen LogP contribution in [0.3, 0.4) is 0 Å². The molecule has 0 bridgehead atoms. The maximum Gasteiger partial charge on any atom is 0.317 e. The SMILES string of the molecule is O=C(O)C(Sc1nnnn1C1CCCC1)C1CC1. The molecule has 1 aromatic rings. The third-order valence-corrected chi connectivity index (χ3v) is 4.98. The molecule has 1 N–H and O–H groups in total. The summed E-state index contributed by atoms with van der Waals surface area (Å²) in [6, 6.07) is 0.358. The molecule has 7 heteroatoms. The maximum absolute atomic E-state index is 11.2. The highest BCUT2D eigenvalue weighted by molar-refractivity contribution is 8.00. The van der Waals surface area contributed by atoms with Crippen molar-refractivity contribution in [1.29, 1.82) is 0 Å². The fourth-order valence-corrected chi connectivity index (χ4v) is 3.67. The quantitative estimate of drug-likeness (QED) is 0.819. The van der Waals surface area contributed by atoms with Crippen LogP contribution in [-0.4, -0.2) is 36.5 Å². The van der Waals surface area contributed by atoms with Crippen LogP contribution >= 0.6 is 11.8 Å². The zero-order valence-electron chi connectivity index (χ0n) is 10.0. The van der Waals surface area contributed by atoms with Gasteiger partial charge in [0.1, 0.15) is 5.25 Å². The maximum atomic E-state index is 11.2. The minimum atomic E-state index is -0.747. The molecule has 18 heavy (non-hydrogen) atoms. The van der Waals surface area contributed by atoms with Gasteiger partial charge in [0, 0.05) is 0 Å². The fourth-order valence-electron chi connectivity index (χ4n) is 2.50. The minimum Gasteiger partial charge on any atom is -0.480 e. The molecule has 0 radical (unpaired) electrons. The van der Waals surface area contributed by atoms with E-state index in [1.807, 2.05) is 4.68 Å². The second kappa shape index (κ2) is 4.87. The number of hydrogen-bond donors (Lipinski definition) is 1. The van der Waals surface area contributed by atoms with E-state index >= 15 is 0 Å². The Morgan fingerprint density at radius 1 is 1.33 bits per heavy atom. The van der Waals surface area contributed by atoms with E-state index in [-0.39, 0.29) is 0 Å². The zero-order chi connectivity index (χ0) is 12.5. The van der Waals surface area contributed by atoms with Crippen LogP contribution in [0.25, 0.3) is 0 Å². The Hall–Kier alpha value is -1.11. The van der Waals surface area contributed by atoms with Gasteiger partial charge in [-0.25, -0.2) is 4.68 Å². The van der Waals surface area contributed by atoms with E-state index in [2.05, 4.69) is 15.5 Å². The summed E-state index contributed by atoms with van der Waals surface area (Å²) in [5.41, 5.74) is 0. The molecule has 2 aliphatic rings. The van der Waals surface area contributed by atoms with Gasteiger partial charge in [-0.15, -0.1) is 5.10 Å². The standard InChI is InChI=1S/C11H16N4O2S/c16-10(17)9(7-5-6-7)18-11-12-13-14-15(11)8-3-1-2-4-8/h7-9H,1-6H2,(H,16,17). The fraction of sp³-hybridized carbons (Fsp3) is 0.818. The first-order valence-corrected chi connectivity index (χ1v) is 7.31. The van der Waals surface area contributed by atoms with Gasteiger partial charge in [0.25, 0.3) is 0 Å². The predicted octanol–water partition coefficient (Wildman–Crippen LogP) is 1.74. The minimum absolute atomic E-state index is 0.293. The number of nitrogens with zero attached hydrogens (tertiary/aromatic N) is 4. The van der Waals surface area contributed by atoms with E-state index in [0.717, 1.165) is 25.7 Å². The molecule has 0 spiro atoms. The first-order valence-electron chi connectivity index (χ1n) is 6.43. The van der Waals surface area contributed by atoms with Crippen molar-refractivity contribution >= 4 is 17.7 Å². The van der Waals surface area contributed by atoms with Crippen molar-refractivity contribution in [3.05, 3.63) is 0 Å². The van der Waals surface area contributed by atoms with E-state index in [9.17, 15) is 9.90 Å². The van der Waals surface area contributed by atoms with Crippen LogP contribution < -0.4 is 0 Å². The van der Waals surface area contributed by atoms with Gasteiger partial charge in [-0.05, 0) is 42.0 Å². The van der Waals surface area contributed by atoms with E-state index in [1.54, 1.807) is 0 Å². The van der Waals surface area contributed by atoms with Gasteiger partial charge < -0.3 is 5.11 Å². The van der Waals surface area contributed by atoms with Crippen LogP contribution in [0.4, 0.5) is 0 Å². The van der Waals surface area contributed by atoms with Gasteiger partial charge in [-0.1, -0.05) is 24.6 Å². The summed E-state index contributed by atoms with van der Waals surface area (Å²) >= 11 is 1.31. The molecule has 6 nitrogen and oxygen atoms in total. The van der Waals surface area contributed by atoms with Crippen LogP contribution in [0.5, 0.6) is 0 Å². The average Bonchev–Trinajstić information content (AvgIpc) is 2.88. The Morgan fingerprint density at radius 3 is 2.67 bits per heavy atom. The number of carboxylic acids is 1. The average molecular weight is 268 g/mol. The van der Waals surface area contributed by atoms with Gasteiger partial charge in [-0.2, -0.15) is 0 Å². The summed E-state index contributed by atoms with van der Waals surface area (Å²) in [7, 11) is 0. The van der Waals surface area contributed by atoms with Crippen LogP contribution in [0, 0.1) is 5.92 Å². The lowest BCUT2D eigenvalue weighted by Crippen LogP contribution is -2.20. The lowest BCUT2D eigenvalue weighted by atomic mass is 10.3. The predicted molar refractivity (Wildman–Crippen MR) is 65.3 cm³/mol. The third kappa shape index (κ3) is 2.36. The van der Waals surface area contributed by atoms with Crippen LogP contribution in [0.15, 0.2) is 5.16 Å². The molecule has 0 aliphatic heterocycles. The highest BCUT2D eigenvalue weighted by atomic mass is 32.2. The Labute approximate surface area is 109 Å². The highest BCUT2D eigenvalue weighted by Crippen LogP contribution is 2.42. The zero-order valence-corrected chi connectivity index (χ0v) is 10.8. The van der Waals surface area contributed by atoms with Crippen molar-refractivity contribution in [3.8, 4) is 0 Å². The molecule has 1 aromatic heterocycles. The summed E-state index contributed by atoms with van der Waals surface area (Å²) in [4.78, 5) is 11.2. The Kier molecular flexibility index (Phi) is 3.23. The van der Waals surface area contributed by atoms with Gasteiger partial charge in [0.05, 0.1) is 6.04 Å². The summed E-state index contributed by atoms with van der Waals surface area (Å²) in [6.45, 7) is 0. The first-order chi connectivity index (χ1) is 8.75. The molecule has 0 saturated heterocycles. The van der Waals surface area contributed by atoms with Crippen LogP contribution in [-0.2, 0) is 4.79 Å². The van der Waals surface area contributed by atoms with Crippen molar-refractivity contribution < 1.29 is 9.90 Å². The number of aromatic nitrogens is 4. The van der Waals surface area contributed by atoms with Gasteiger partial charge in [0.15, 0.2) is 0 Å². The van der Waals surface area contributed by atoms with Gasteiger partial charge in [-0.3, -0.25) is 4.79 Å². The Morgan fingerprint density at radius 2 is 2.06 bits per heavy atom. The molecule has 2 fully saturated rings. The lowest BCUT2D eigenvalue weighted by molar-refractivity contribution is -0.136. The first kappa shape index (κ1) is 12.0. The van der Waals surface area contributed by atoms with Crippen molar-refractivity contribution in [2.75, 3.05) is 0 Å². The number of carboxylic acid groups (broad SMARTS) is 1. The summed E-state index contributed by atoms with van der Waals surface area (Å²) in [6.07, 6.45) is 6.63. The molecule has 1 heterocycles. The molecule has 1 atom stereocenters. The molecule has 2 aliphatic carbocycles. The largest absolute Gasteiger partial charge is 0.480 e. The number of thioether (sulfide) groups is 1. The monoisotopic (exact) mass is 268 g/mol. The summed E-state index contributed by atoms with van der Waals surface area (Å²) in [5, 5.41) is 21.3. The molecule has 3 rings (SSSR count). The van der Waals surface area contributed by atoms with Crippen LogP contribution in [0.2, 0.25) is 0 Å². The van der Waals surface area contributed by atoms with Crippen molar-refractivity contribution in [2.24, 2.45) is 5.92 Å². The van der Waals surface area contributed by atoms with Gasteiger partial charge >= 0.3 is 5.97 Å². The highest BCUT2D eigenvalue weighted by Gasteiger charge is 2.38. The number of aliphatic carboxylic acids is 1. The molecule has 1 unspecified atom stereocenters. The number of hydrogen-bond acceptors (Lipinski definition) is 5. The normalized spacial score (nSPS) is 22.2. The van der Waals surface area contributed by atoms with E-state index < -0.39 is 11.2 Å². The summed E-state index contributed by atoms with van der Waals surface area (Å²) in [5.74, 6) is -0.454. The smallest absolute Gasteiger partial charge is 0.317 e. The molecular formula is C11H16N4O2S. The van der Waals surface area contributed by atoms with Gasteiger partial charge in [0.2, 0.25) is 5.16 Å². The summed E-state index contributed by atoms with van der Waals surface area (Å²) < 4.78 is 1.83. The van der Waals surface area contributed by atoms with Crippen molar-refractivity contribution in [1.82, 2.24) is 20.2 Å². The lowest BCUT2D eigenvalue weighted by Gasteiger charge is -2.13. The molecule has 2 saturated carbocycles. The van der Waals surface area contributed by atoms with E-state index in [1.165, 1.54) is 24.6 Å². The second-order valence-corrected chi connectivity index (χ2v) is 6.17. The van der Waals surface area contributed by atoms with E-state index in [0.29, 0.717) is 17.1 Å². The number of tetrazole rings is 1. The molecule has 0 amide bonds. The second-order valence-electron chi connectivity index (χ2n) is 5.06. The molecule has 0 aromatic carbocycles. The third-order valence-electron chi connectivity index (χ3n) is 3.66. The Balaban J connectivity index is 1.75. The molecule has 98 valence electrons. The van der Waals surface area contributed by atoms with Crippen molar-refractivity contribution in [3.63, 3.8) is 0 Å².